The molecule has 0 amide bonds. The van der Waals surface area contributed by atoms with E-state index < -0.39 is 0 Å². The Kier molecular flexibility index (Phi) is 5.26. The molecule has 0 N–H and O–H groups in total. The number of hydrogen-bond donors (Lipinski definition) is 0. The van der Waals surface area contributed by atoms with Crippen LogP contribution in [0.3, 0.4) is 0 Å². The van der Waals surface area contributed by atoms with Crippen LogP contribution in [0.5, 0.6) is 5.75 Å². The van der Waals surface area contributed by atoms with Gasteiger partial charge in [-0.2, -0.15) is 0 Å². The Morgan fingerprint density at radius 3 is 2.64 bits per heavy atom. The van der Waals surface area contributed by atoms with Crippen LogP contribution in [-0.4, -0.2) is 6.61 Å². The molecule has 0 aliphatic carbocycles. The number of hydrogen-bond acceptors (Lipinski definition) is 1. The van der Waals surface area contributed by atoms with E-state index in [4.69, 9.17) is 4.74 Å². The van der Waals surface area contributed by atoms with Crippen molar-refractivity contribution in [3.8, 4) is 5.75 Å². The molecule has 0 bridgehead atoms. The van der Waals surface area contributed by atoms with Crippen molar-refractivity contribution in [2.75, 3.05) is 6.61 Å². The van der Waals surface area contributed by atoms with Crippen LogP contribution in [0.2, 0.25) is 0 Å². The van der Waals surface area contributed by atoms with Crippen molar-refractivity contribution in [2.24, 2.45) is 0 Å². The minimum atomic E-state index is 0.734. The van der Waals surface area contributed by atoms with E-state index >= 15 is 0 Å². The van der Waals surface area contributed by atoms with Gasteiger partial charge in [0.15, 0.2) is 0 Å². The quantitative estimate of drug-likeness (QED) is 0.489. The van der Waals surface area contributed by atoms with Gasteiger partial charge in [0.25, 0.3) is 0 Å². The van der Waals surface area contributed by atoms with E-state index in [1.807, 2.05) is 36.4 Å². The Bertz CT molecular complexity index is 275. The largest absolute Gasteiger partial charge is 0.493 e. The second kappa shape index (κ2) is 6.96. The van der Waals surface area contributed by atoms with Crippen LogP contribution < -0.4 is 4.74 Å². The zero-order valence-corrected chi connectivity index (χ0v) is 8.36. The summed E-state index contributed by atoms with van der Waals surface area (Å²) in [5.41, 5.74) is 0. The van der Waals surface area contributed by atoms with Gasteiger partial charge < -0.3 is 4.74 Å². The SMILES string of the molecule is C=CCC=CCCOc1ccccc1. The third kappa shape index (κ3) is 4.51. The van der Waals surface area contributed by atoms with Crippen LogP contribution in [0.15, 0.2) is 55.1 Å². The van der Waals surface area contributed by atoms with Gasteiger partial charge in [-0.15, -0.1) is 6.58 Å². The zero-order valence-electron chi connectivity index (χ0n) is 8.36. The predicted molar refractivity (Wildman–Crippen MR) is 60.5 cm³/mol. The first-order valence-electron chi connectivity index (χ1n) is 4.87. The molecule has 74 valence electrons. The fourth-order valence-electron chi connectivity index (χ4n) is 1.07. The van der Waals surface area contributed by atoms with Crippen LogP contribution in [0, 0.1) is 0 Å². The van der Waals surface area contributed by atoms with Crippen molar-refractivity contribution in [1.82, 2.24) is 0 Å². The van der Waals surface area contributed by atoms with Gasteiger partial charge >= 0.3 is 0 Å². The summed E-state index contributed by atoms with van der Waals surface area (Å²) in [6.07, 6.45) is 7.98. The van der Waals surface area contributed by atoms with Crippen LogP contribution in [0.25, 0.3) is 0 Å². The summed E-state index contributed by atoms with van der Waals surface area (Å²) in [6, 6.07) is 9.86. The second-order valence-corrected chi connectivity index (χ2v) is 2.95. The van der Waals surface area contributed by atoms with E-state index in [0.29, 0.717) is 0 Å². The van der Waals surface area contributed by atoms with E-state index in [9.17, 15) is 0 Å². The lowest BCUT2D eigenvalue weighted by Gasteiger charge is -2.02. The zero-order chi connectivity index (χ0) is 10.1. The summed E-state index contributed by atoms with van der Waals surface area (Å²) < 4.78 is 5.51. The van der Waals surface area contributed by atoms with Crippen molar-refractivity contribution in [3.05, 3.63) is 55.1 Å². The molecular weight excluding hydrogens is 172 g/mol. The third-order valence-corrected chi connectivity index (χ3v) is 1.77. The normalized spacial score (nSPS) is 10.3. The summed E-state index contributed by atoms with van der Waals surface area (Å²) in [6.45, 7) is 4.38. The van der Waals surface area contributed by atoms with Gasteiger partial charge in [-0.3, -0.25) is 0 Å². The van der Waals surface area contributed by atoms with E-state index in [2.05, 4.69) is 18.7 Å². The molecule has 0 aliphatic heterocycles. The molecule has 0 saturated carbocycles. The lowest BCUT2D eigenvalue weighted by atomic mass is 10.3. The van der Waals surface area contributed by atoms with Crippen molar-refractivity contribution in [2.45, 2.75) is 12.8 Å². The van der Waals surface area contributed by atoms with Gasteiger partial charge in [0.2, 0.25) is 0 Å². The second-order valence-electron chi connectivity index (χ2n) is 2.95. The third-order valence-electron chi connectivity index (χ3n) is 1.77. The molecule has 0 spiro atoms. The Morgan fingerprint density at radius 2 is 1.93 bits per heavy atom. The van der Waals surface area contributed by atoms with Gasteiger partial charge in [-0.25, -0.2) is 0 Å². The predicted octanol–water partition coefficient (Wildman–Crippen LogP) is 3.59. The van der Waals surface area contributed by atoms with Crippen molar-refractivity contribution in [3.63, 3.8) is 0 Å². The molecule has 14 heavy (non-hydrogen) atoms. The number of rotatable bonds is 6. The van der Waals surface area contributed by atoms with Crippen LogP contribution in [0.4, 0.5) is 0 Å². The lowest BCUT2D eigenvalue weighted by molar-refractivity contribution is 0.325. The molecule has 0 fully saturated rings. The standard InChI is InChI=1S/C13H16O/c1-2-3-4-5-9-12-14-13-10-7-6-8-11-13/h2,4-8,10-11H,1,3,9,12H2. The first kappa shape index (κ1) is 10.6. The highest BCUT2D eigenvalue weighted by molar-refractivity contribution is 5.20. The molecule has 1 heteroatoms. The highest BCUT2D eigenvalue weighted by atomic mass is 16.5. The number of allylic oxidation sites excluding steroid dienone is 2. The molecule has 0 atom stereocenters. The summed E-state index contributed by atoms with van der Waals surface area (Å²) >= 11 is 0. The summed E-state index contributed by atoms with van der Waals surface area (Å²) in [7, 11) is 0. The number of para-hydroxylation sites is 1. The molecule has 0 aliphatic rings. The van der Waals surface area contributed by atoms with Gasteiger partial charge in [0, 0.05) is 0 Å². The molecule has 1 rings (SSSR count). The smallest absolute Gasteiger partial charge is 0.119 e. The van der Waals surface area contributed by atoms with Gasteiger partial charge in [-0.1, -0.05) is 36.4 Å². The van der Waals surface area contributed by atoms with Gasteiger partial charge in [0.1, 0.15) is 5.75 Å². The number of benzene rings is 1. The highest BCUT2D eigenvalue weighted by Gasteiger charge is 1.88. The number of ether oxygens (including phenoxy) is 1. The Hall–Kier alpha value is -1.50. The van der Waals surface area contributed by atoms with E-state index in [-0.39, 0.29) is 0 Å². The van der Waals surface area contributed by atoms with Crippen LogP contribution in [0.1, 0.15) is 12.8 Å². The molecule has 1 aromatic carbocycles. The minimum Gasteiger partial charge on any atom is -0.493 e. The van der Waals surface area contributed by atoms with E-state index in [1.165, 1.54) is 0 Å². The molecule has 0 radical (unpaired) electrons. The monoisotopic (exact) mass is 188 g/mol. The van der Waals surface area contributed by atoms with Crippen LogP contribution >= 0.6 is 0 Å². The first-order valence-corrected chi connectivity index (χ1v) is 4.87. The first-order chi connectivity index (χ1) is 6.93. The lowest BCUT2D eigenvalue weighted by Crippen LogP contribution is -1.94. The highest BCUT2D eigenvalue weighted by Crippen LogP contribution is 2.08. The van der Waals surface area contributed by atoms with Crippen molar-refractivity contribution in [1.29, 1.82) is 0 Å². The topological polar surface area (TPSA) is 9.23 Å². The van der Waals surface area contributed by atoms with Crippen molar-refractivity contribution >= 4 is 0 Å². The van der Waals surface area contributed by atoms with E-state index in [1.54, 1.807) is 0 Å². The molecule has 0 saturated heterocycles. The summed E-state index contributed by atoms with van der Waals surface area (Å²) in [4.78, 5) is 0. The maximum Gasteiger partial charge on any atom is 0.119 e. The van der Waals surface area contributed by atoms with Gasteiger partial charge in [-0.05, 0) is 25.0 Å². The molecule has 1 aromatic rings. The molecule has 0 aromatic heterocycles. The minimum absolute atomic E-state index is 0.734. The summed E-state index contributed by atoms with van der Waals surface area (Å²) in [5, 5.41) is 0. The molecular formula is C13H16O. The maximum absolute atomic E-state index is 5.51. The van der Waals surface area contributed by atoms with Gasteiger partial charge in [0.05, 0.1) is 6.61 Å². The van der Waals surface area contributed by atoms with Crippen LogP contribution in [-0.2, 0) is 0 Å². The Morgan fingerprint density at radius 1 is 1.14 bits per heavy atom. The molecule has 1 nitrogen and oxygen atoms in total. The Balaban J connectivity index is 2.13. The maximum atomic E-state index is 5.51. The van der Waals surface area contributed by atoms with Crippen molar-refractivity contribution < 1.29 is 4.74 Å². The summed E-state index contributed by atoms with van der Waals surface area (Å²) in [5.74, 6) is 0.935. The fourth-order valence-corrected chi connectivity index (χ4v) is 1.07. The van der Waals surface area contributed by atoms with E-state index in [0.717, 1.165) is 25.2 Å². The molecule has 0 unspecified atom stereocenters. The fraction of sp³-hybridized carbons (Fsp3) is 0.231. The average Bonchev–Trinajstić information content (AvgIpc) is 2.25. The Labute approximate surface area is 85.7 Å². The average molecular weight is 188 g/mol. The molecule has 0 heterocycles.